The van der Waals surface area contributed by atoms with Gasteiger partial charge in [0.25, 0.3) is 5.91 Å². The van der Waals surface area contributed by atoms with E-state index in [-0.39, 0.29) is 36.0 Å². The lowest BCUT2D eigenvalue weighted by Crippen LogP contribution is -2.43. The Kier molecular flexibility index (Phi) is 6.26. The fraction of sp³-hybridized carbons (Fsp3) is 0.286. The van der Waals surface area contributed by atoms with Crippen molar-refractivity contribution in [3.05, 3.63) is 65.1 Å². The maximum absolute atomic E-state index is 13.4. The topological polar surface area (TPSA) is 93.5 Å². The Morgan fingerprint density at radius 3 is 2.77 bits per heavy atom. The van der Waals surface area contributed by atoms with Crippen molar-refractivity contribution in [1.82, 2.24) is 10.3 Å². The van der Waals surface area contributed by atoms with Crippen LogP contribution in [0.2, 0.25) is 0 Å². The second kappa shape index (κ2) is 9.25. The van der Waals surface area contributed by atoms with Gasteiger partial charge < -0.3 is 14.5 Å². The third-order valence-electron chi connectivity index (χ3n) is 4.78. The third-order valence-corrected chi connectivity index (χ3v) is 5.59. The SMILES string of the molecule is O=C(Cc1csc(NC(=O)c2ccco2)n1)N[C@H]1CCC[C@H]1Oc1cc(F)cc(F)c1. The first-order valence-corrected chi connectivity index (χ1v) is 10.6. The quantitative estimate of drug-likeness (QED) is 0.573. The molecule has 4 rings (SSSR count). The summed E-state index contributed by atoms with van der Waals surface area (Å²) in [5.41, 5.74) is 0.514. The second-order valence-corrected chi connectivity index (χ2v) is 7.98. The minimum Gasteiger partial charge on any atom is -0.488 e. The molecule has 162 valence electrons. The molecule has 2 aromatic heterocycles. The summed E-state index contributed by atoms with van der Waals surface area (Å²) in [6.45, 7) is 0. The summed E-state index contributed by atoms with van der Waals surface area (Å²) in [5, 5.41) is 7.58. The number of benzene rings is 1. The van der Waals surface area contributed by atoms with Gasteiger partial charge in [-0.2, -0.15) is 0 Å². The van der Waals surface area contributed by atoms with Crippen LogP contribution in [0.1, 0.15) is 35.5 Å². The molecule has 10 heteroatoms. The van der Waals surface area contributed by atoms with Gasteiger partial charge in [0.2, 0.25) is 5.91 Å². The zero-order valence-corrected chi connectivity index (χ0v) is 17.1. The van der Waals surface area contributed by atoms with E-state index in [4.69, 9.17) is 9.15 Å². The van der Waals surface area contributed by atoms with Crippen molar-refractivity contribution in [2.45, 2.75) is 37.8 Å². The van der Waals surface area contributed by atoms with Gasteiger partial charge in [0.15, 0.2) is 10.9 Å². The van der Waals surface area contributed by atoms with Gasteiger partial charge in [0, 0.05) is 23.6 Å². The highest BCUT2D eigenvalue weighted by Gasteiger charge is 2.30. The van der Waals surface area contributed by atoms with Crippen LogP contribution in [0, 0.1) is 11.6 Å². The molecule has 0 saturated heterocycles. The zero-order chi connectivity index (χ0) is 21.8. The third kappa shape index (κ3) is 5.46. The first kappa shape index (κ1) is 21.0. The number of carbonyl (C=O) groups is 2. The number of halogens is 2. The van der Waals surface area contributed by atoms with Gasteiger partial charge in [-0.15, -0.1) is 11.3 Å². The lowest BCUT2D eigenvalue weighted by molar-refractivity contribution is -0.121. The molecule has 2 heterocycles. The molecule has 2 N–H and O–H groups in total. The Labute approximate surface area is 180 Å². The molecular formula is C21H19F2N3O4S. The number of nitrogens with one attached hydrogen (secondary N) is 2. The van der Waals surface area contributed by atoms with Crippen molar-refractivity contribution in [1.29, 1.82) is 0 Å². The van der Waals surface area contributed by atoms with Gasteiger partial charge in [-0.1, -0.05) is 0 Å². The number of furan rings is 1. The first-order valence-electron chi connectivity index (χ1n) is 9.67. The monoisotopic (exact) mass is 447 g/mol. The molecule has 0 unspecified atom stereocenters. The molecule has 1 aliphatic rings. The van der Waals surface area contributed by atoms with Crippen LogP contribution < -0.4 is 15.4 Å². The van der Waals surface area contributed by atoms with E-state index in [1.54, 1.807) is 11.4 Å². The molecule has 7 nitrogen and oxygen atoms in total. The number of carbonyl (C=O) groups excluding carboxylic acids is 2. The lowest BCUT2D eigenvalue weighted by atomic mass is 10.2. The molecule has 1 aromatic carbocycles. The highest BCUT2D eigenvalue weighted by atomic mass is 32.1. The van der Waals surface area contributed by atoms with Crippen LogP contribution >= 0.6 is 11.3 Å². The van der Waals surface area contributed by atoms with E-state index < -0.39 is 17.5 Å². The van der Waals surface area contributed by atoms with E-state index in [2.05, 4.69) is 15.6 Å². The van der Waals surface area contributed by atoms with Gasteiger partial charge in [0.05, 0.1) is 24.4 Å². The minimum absolute atomic E-state index is 0.0327. The van der Waals surface area contributed by atoms with Crippen LogP contribution in [0.15, 0.2) is 46.4 Å². The minimum atomic E-state index is -0.716. The van der Waals surface area contributed by atoms with E-state index in [1.165, 1.54) is 23.7 Å². The normalized spacial score (nSPS) is 18.0. The summed E-state index contributed by atoms with van der Waals surface area (Å²) < 4.78 is 37.5. The number of hydrogen-bond donors (Lipinski definition) is 2. The maximum Gasteiger partial charge on any atom is 0.293 e. The summed E-state index contributed by atoms with van der Waals surface area (Å²) in [5.74, 6) is -1.84. The standard InChI is InChI=1S/C21H19F2N3O4S/c22-12-7-13(23)9-15(8-12)30-17-4-1-3-16(17)25-19(27)10-14-11-31-21(24-14)26-20(28)18-5-2-6-29-18/h2,5-9,11,16-17H,1,3-4,10H2,(H,25,27)(H,24,26,28)/t16-,17+/m0/s1. The van der Waals surface area contributed by atoms with Crippen molar-refractivity contribution >= 4 is 28.3 Å². The van der Waals surface area contributed by atoms with Crippen LogP contribution in [0.5, 0.6) is 5.75 Å². The Morgan fingerprint density at radius 1 is 1.23 bits per heavy atom. The fourth-order valence-electron chi connectivity index (χ4n) is 3.44. The van der Waals surface area contributed by atoms with E-state index >= 15 is 0 Å². The molecule has 2 amide bonds. The molecule has 31 heavy (non-hydrogen) atoms. The van der Waals surface area contributed by atoms with Crippen LogP contribution in [-0.2, 0) is 11.2 Å². The predicted octanol–water partition coefficient (Wildman–Crippen LogP) is 3.93. The molecule has 0 aliphatic heterocycles. The number of nitrogens with zero attached hydrogens (tertiary/aromatic N) is 1. The predicted molar refractivity (Wildman–Crippen MR) is 109 cm³/mol. The highest BCUT2D eigenvalue weighted by Crippen LogP contribution is 2.26. The first-order chi connectivity index (χ1) is 15.0. The van der Waals surface area contributed by atoms with Gasteiger partial charge >= 0.3 is 0 Å². The van der Waals surface area contributed by atoms with Gasteiger partial charge in [-0.3, -0.25) is 14.9 Å². The van der Waals surface area contributed by atoms with Crippen LogP contribution in [0.4, 0.5) is 13.9 Å². The molecule has 3 aromatic rings. The largest absolute Gasteiger partial charge is 0.488 e. The summed E-state index contributed by atoms with van der Waals surface area (Å²) in [6.07, 6.45) is 3.26. The fourth-order valence-corrected chi connectivity index (χ4v) is 4.14. The van der Waals surface area contributed by atoms with Crippen LogP contribution in [0.3, 0.4) is 0 Å². The van der Waals surface area contributed by atoms with Crippen molar-refractivity contribution in [3.63, 3.8) is 0 Å². The number of hydrogen-bond acceptors (Lipinski definition) is 6. The number of anilines is 1. The van der Waals surface area contributed by atoms with Gasteiger partial charge in [-0.25, -0.2) is 13.8 Å². The van der Waals surface area contributed by atoms with Crippen molar-refractivity contribution in [2.75, 3.05) is 5.32 Å². The van der Waals surface area contributed by atoms with E-state index in [1.807, 2.05) is 0 Å². The zero-order valence-electron chi connectivity index (χ0n) is 16.3. The van der Waals surface area contributed by atoms with E-state index in [0.29, 0.717) is 23.7 Å². The molecule has 2 atom stereocenters. The molecule has 0 bridgehead atoms. The Bertz CT molecular complexity index is 1050. The Balaban J connectivity index is 1.31. The molecule has 1 aliphatic carbocycles. The van der Waals surface area contributed by atoms with Crippen molar-refractivity contribution in [2.24, 2.45) is 0 Å². The molecule has 1 saturated carbocycles. The summed E-state index contributed by atoms with van der Waals surface area (Å²) >= 11 is 1.20. The molecule has 0 radical (unpaired) electrons. The average molecular weight is 447 g/mol. The van der Waals surface area contributed by atoms with Gasteiger partial charge in [0.1, 0.15) is 23.5 Å². The van der Waals surface area contributed by atoms with E-state index in [0.717, 1.165) is 24.6 Å². The lowest BCUT2D eigenvalue weighted by Gasteiger charge is -2.22. The molecular weight excluding hydrogens is 428 g/mol. The highest BCUT2D eigenvalue weighted by molar-refractivity contribution is 7.14. The summed E-state index contributed by atoms with van der Waals surface area (Å²) in [7, 11) is 0. The maximum atomic E-state index is 13.4. The number of aromatic nitrogens is 1. The van der Waals surface area contributed by atoms with Crippen LogP contribution in [-0.4, -0.2) is 28.9 Å². The average Bonchev–Trinajstić information content (AvgIpc) is 3.44. The van der Waals surface area contributed by atoms with Gasteiger partial charge in [-0.05, 0) is 31.4 Å². The van der Waals surface area contributed by atoms with Crippen molar-refractivity contribution < 1.29 is 27.5 Å². The Morgan fingerprint density at radius 2 is 2.03 bits per heavy atom. The molecule has 1 fully saturated rings. The summed E-state index contributed by atoms with van der Waals surface area (Å²) in [4.78, 5) is 28.7. The second-order valence-electron chi connectivity index (χ2n) is 7.12. The number of thiazole rings is 1. The number of rotatable bonds is 7. The Hall–Kier alpha value is -3.27. The van der Waals surface area contributed by atoms with E-state index in [9.17, 15) is 18.4 Å². The number of ether oxygens (including phenoxy) is 1. The van der Waals surface area contributed by atoms with Crippen molar-refractivity contribution in [3.8, 4) is 5.75 Å². The van der Waals surface area contributed by atoms with Crippen LogP contribution in [0.25, 0.3) is 0 Å². The molecule has 0 spiro atoms. The number of amides is 2. The summed E-state index contributed by atoms with van der Waals surface area (Å²) in [6, 6.07) is 5.89. The smallest absolute Gasteiger partial charge is 0.293 e.